The SMILES string of the molecule is NC1C2CCC(C2)C1c1nc2c(Cl)cccc2[nH]1. The molecule has 0 amide bonds. The van der Waals surface area contributed by atoms with E-state index in [0.29, 0.717) is 22.8 Å². The maximum Gasteiger partial charge on any atom is 0.112 e. The number of halogens is 1. The quantitative estimate of drug-likeness (QED) is 0.829. The van der Waals surface area contributed by atoms with Gasteiger partial charge in [0.15, 0.2) is 0 Å². The molecule has 0 saturated heterocycles. The zero-order valence-electron chi connectivity index (χ0n) is 10.1. The molecule has 3 N–H and O–H groups in total. The molecule has 2 aliphatic carbocycles. The number of hydrogen-bond donors (Lipinski definition) is 2. The molecular formula is C14H16ClN3. The Balaban J connectivity index is 1.81. The molecule has 4 heteroatoms. The van der Waals surface area contributed by atoms with Crippen LogP contribution in [0.15, 0.2) is 18.2 Å². The number of para-hydroxylation sites is 1. The molecule has 18 heavy (non-hydrogen) atoms. The number of nitrogens with zero attached hydrogens (tertiary/aromatic N) is 1. The van der Waals surface area contributed by atoms with E-state index in [4.69, 9.17) is 22.3 Å². The summed E-state index contributed by atoms with van der Waals surface area (Å²) in [7, 11) is 0. The Labute approximate surface area is 111 Å². The summed E-state index contributed by atoms with van der Waals surface area (Å²) >= 11 is 6.18. The molecule has 0 aliphatic heterocycles. The van der Waals surface area contributed by atoms with E-state index in [9.17, 15) is 0 Å². The summed E-state index contributed by atoms with van der Waals surface area (Å²) in [5.74, 6) is 2.85. The number of fused-ring (bicyclic) bond motifs is 3. The van der Waals surface area contributed by atoms with Crippen LogP contribution in [0.25, 0.3) is 11.0 Å². The van der Waals surface area contributed by atoms with Crippen molar-refractivity contribution in [3.63, 3.8) is 0 Å². The molecule has 0 spiro atoms. The van der Waals surface area contributed by atoms with Crippen LogP contribution in [0.3, 0.4) is 0 Å². The van der Waals surface area contributed by atoms with Gasteiger partial charge < -0.3 is 10.7 Å². The van der Waals surface area contributed by atoms with Gasteiger partial charge in [-0.3, -0.25) is 0 Å². The number of aromatic nitrogens is 2. The Morgan fingerprint density at radius 1 is 1.28 bits per heavy atom. The van der Waals surface area contributed by atoms with Gasteiger partial charge in [-0.25, -0.2) is 4.98 Å². The van der Waals surface area contributed by atoms with E-state index in [-0.39, 0.29) is 6.04 Å². The number of benzene rings is 1. The topological polar surface area (TPSA) is 54.7 Å². The first-order chi connectivity index (χ1) is 8.74. The normalized spacial score (nSPS) is 34.6. The Kier molecular flexibility index (Phi) is 2.24. The van der Waals surface area contributed by atoms with Crippen LogP contribution in [0, 0.1) is 11.8 Å². The predicted octanol–water partition coefficient (Wildman–Crippen LogP) is 3.06. The largest absolute Gasteiger partial charge is 0.342 e. The third-order valence-corrected chi connectivity index (χ3v) is 5.08. The molecule has 4 unspecified atom stereocenters. The summed E-state index contributed by atoms with van der Waals surface area (Å²) in [5.41, 5.74) is 8.26. The van der Waals surface area contributed by atoms with Crippen LogP contribution < -0.4 is 5.73 Å². The van der Waals surface area contributed by atoms with Crippen LogP contribution in [0.4, 0.5) is 0 Å². The van der Waals surface area contributed by atoms with Crippen LogP contribution in [0.5, 0.6) is 0 Å². The molecule has 2 aromatic rings. The summed E-state index contributed by atoms with van der Waals surface area (Å²) < 4.78 is 0. The van der Waals surface area contributed by atoms with Crippen molar-refractivity contribution in [2.45, 2.75) is 31.2 Å². The van der Waals surface area contributed by atoms with Crippen molar-refractivity contribution in [1.82, 2.24) is 9.97 Å². The first-order valence-electron chi connectivity index (χ1n) is 6.64. The highest BCUT2D eigenvalue weighted by Crippen LogP contribution is 2.51. The van der Waals surface area contributed by atoms with E-state index in [1.807, 2.05) is 18.2 Å². The molecule has 1 heterocycles. The lowest BCUT2D eigenvalue weighted by Gasteiger charge is -2.26. The molecule has 1 aromatic carbocycles. The smallest absolute Gasteiger partial charge is 0.112 e. The number of hydrogen-bond acceptors (Lipinski definition) is 2. The van der Waals surface area contributed by atoms with Crippen molar-refractivity contribution in [3.8, 4) is 0 Å². The third kappa shape index (κ3) is 1.38. The van der Waals surface area contributed by atoms with Crippen LogP contribution >= 0.6 is 11.6 Å². The molecule has 2 bridgehead atoms. The van der Waals surface area contributed by atoms with Crippen LogP contribution in [-0.4, -0.2) is 16.0 Å². The highest BCUT2D eigenvalue weighted by Gasteiger charge is 2.47. The molecule has 2 saturated carbocycles. The monoisotopic (exact) mass is 261 g/mol. The van der Waals surface area contributed by atoms with Gasteiger partial charge in [-0.15, -0.1) is 0 Å². The lowest BCUT2D eigenvalue weighted by Crippen LogP contribution is -2.34. The van der Waals surface area contributed by atoms with Gasteiger partial charge in [0.25, 0.3) is 0 Å². The second-order valence-electron chi connectivity index (χ2n) is 5.69. The average molecular weight is 262 g/mol. The predicted molar refractivity (Wildman–Crippen MR) is 72.7 cm³/mol. The van der Waals surface area contributed by atoms with Crippen LogP contribution in [0.2, 0.25) is 5.02 Å². The van der Waals surface area contributed by atoms with Gasteiger partial charge in [0.05, 0.1) is 10.5 Å². The van der Waals surface area contributed by atoms with Gasteiger partial charge in [0, 0.05) is 12.0 Å². The fraction of sp³-hybridized carbons (Fsp3) is 0.500. The van der Waals surface area contributed by atoms with Crippen molar-refractivity contribution >= 4 is 22.6 Å². The van der Waals surface area contributed by atoms with Gasteiger partial charge in [0.1, 0.15) is 11.3 Å². The first-order valence-corrected chi connectivity index (χ1v) is 7.01. The van der Waals surface area contributed by atoms with Crippen molar-refractivity contribution in [1.29, 1.82) is 0 Å². The highest BCUT2D eigenvalue weighted by atomic mass is 35.5. The Morgan fingerprint density at radius 2 is 2.11 bits per heavy atom. The van der Waals surface area contributed by atoms with E-state index in [1.165, 1.54) is 19.3 Å². The molecule has 2 fully saturated rings. The van der Waals surface area contributed by atoms with E-state index < -0.39 is 0 Å². The number of aromatic amines is 1. The lowest BCUT2D eigenvalue weighted by molar-refractivity contribution is 0.356. The maximum atomic E-state index is 6.36. The zero-order valence-corrected chi connectivity index (χ0v) is 10.8. The lowest BCUT2D eigenvalue weighted by atomic mass is 9.84. The third-order valence-electron chi connectivity index (χ3n) is 4.78. The fourth-order valence-electron chi connectivity index (χ4n) is 3.92. The number of imidazole rings is 1. The minimum atomic E-state index is 0.267. The van der Waals surface area contributed by atoms with Gasteiger partial charge in [-0.2, -0.15) is 0 Å². The molecule has 4 rings (SSSR count). The summed E-state index contributed by atoms with van der Waals surface area (Å²) in [4.78, 5) is 8.11. The van der Waals surface area contributed by atoms with Crippen LogP contribution in [-0.2, 0) is 0 Å². The molecule has 3 nitrogen and oxygen atoms in total. The van der Waals surface area contributed by atoms with Gasteiger partial charge in [-0.05, 0) is 43.2 Å². The number of rotatable bonds is 1. The van der Waals surface area contributed by atoms with Gasteiger partial charge in [-0.1, -0.05) is 17.7 Å². The van der Waals surface area contributed by atoms with Crippen LogP contribution in [0.1, 0.15) is 31.0 Å². The minimum Gasteiger partial charge on any atom is -0.342 e. The van der Waals surface area contributed by atoms with Crippen molar-refractivity contribution in [2.24, 2.45) is 17.6 Å². The van der Waals surface area contributed by atoms with E-state index in [1.54, 1.807) is 0 Å². The molecule has 2 aliphatic rings. The Morgan fingerprint density at radius 3 is 2.83 bits per heavy atom. The molecule has 94 valence electrons. The number of nitrogens with one attached hydrogen (secondary N) is 1. The molecule has 0 radical (unpaired) electrons. The minimum absolute atomic E-state index is 0.267. The maximum absolute atomic E-state index is 6.36. The molecule has 4 atom stereocenters. The van der Waals surface area contributed by atoms with Crippen molar-refractivity contribution < 1.29 is 0 Å². The van der Waals surface area contributed by atoms with E-state index >= 15 is 0 Å². The fourth-order valence-corrected chi connectivity index (χ4v) is 4.13. The standard InChI is InChI=1S/C14H16ClN3/c15-9-2-1-3-10-13(9)18-14(17-10)11-7-4-5-8(6-7)12(11)16/h1-3,7-8,11-12H,4-6,16H2,(H,17,18). The summed E-state index contributed by atoms with van der Waals surface area (Å²) in [6, 6.07) is 6.13. The van der Waals surface area contributed by atoms with E-state index in [0.717, 1.165) is 16.9 Å². The second kappa shape index (κ2) is 3.72. The van der Waals surface area contributed by atoms with Crippen molar-refractivity contribution in [2.75, 3.05) is 0 Å². The van der Waals surface area contributed by atoms with Gasteiger partial charge in [0.2, 0.25) is 0 Å². The second-order valence-corrected chi connectivity index (χ2v) is 6.10. The molecular weight excluding hydrogens is 246 g/mol. The first kappa shape index (κ1) is 10.8. The Hall–Kier alpha value is -1.06. The zero-order chi connectivity index (χ0) is 12.3. The Bertz CT molecular complexity index is 604. The number of H-pyrrole nitrogens is 1. The summed E-state index contributed by atoms with van der Waals surface area (Å²) in [6.45, 7) is 0. The number of nitrogens with two attached hydrogens (primary N) is 1. The summed E-state index contributed by atoms with van der Waals surface area (Å²) in [5, 5.41) is 0.715. The highest BCUT2D eigenvalue weighted by molar-refractivity contribution is 6.34. The van der Waals surface area contributed by atoms with Crippen molar-refractivity contribution in [3.05, 3.63) is 29.0 Å². The molecule has 1 aromatic heterocycles. The van der Waals surface area contributed by atoms with E-state index in [2.05, 4.69) is 4.98 Å². The summed E-state index contributed by atoms with van der Waals surface area (Å²) in [6.07, 6.45) is 3.87. The van der Waals surface area contributed by atoms with Gasteiger partial charge >= 0.3 is 0 Å². The average Bonchev–Trinajstić information content (AvgIpc) is 3.01.